The van der Waals surface area contributed by atoms with Crippen molar-refractivity contribution in [1.29, 1.82) is 0 Å². The van der Waals surface area contributed by atoms with Gasteiger partial charge in [-0.15, -0.1) is 10.2 Å². The Hall–Kier alpha value is -3.58. The number of hydrogen-bond acceptors (Lipinski definition) is 4. The summed E-state index contributed by atoms with van der Waals surface area (Å²) in [4.78, 5) is 15.1. The molecule has 0 radical (unpaired) electrons. The number of nitrogens with one attached hydrogen (secondary N) is 1. The fourth-order valence-electron chi connectivity index (χ4n) is 4.11. The topological polar surface area (TPSA) is 62.5 Å². The van der Waals surface area contributed by atoms with E-state index in [2.05, 4.69) is 44.7 Å². The minimum absolute atomic E-state index is 0.156. The average Bonchev–Trinajstić information content (AvgIpc) is 3.42. The van der Waals surface area contributed by atoms with Crippen molar-refractivity contribution in [3.8, 4) is 0 Å². The van der Waals surface area contributed by atoms with Crippen LogP contribution >= 0.6 is 0 Å². The standard InChI is InChI=1S/C24H22FN5O/c25-20-8-4-5-9-21(20)26-24(31)19-10-11-22-27-28-23(30(22)16-19)18-12-13-29(15-18)14-17-6-2-1-3-7-17/h1-11,16,18H,12-15H2,(H,26,31)/t18-/m0/s1. The Balaban J connectivity index is 1.35. The minimum Gasteiger partial charge on any atom is -0.319 e. The van der Waals surface area contributed by atoms with E-state index in [9.17, 15) is 9.18 Å². The van der Waals surface area contributed by atoms with Crippen LogP contribution in [0.25, 0.3) is 5.65 Å². The summed E-state index contributed by atoms with van der Waals surface area (Å²) in [6, 6.07) is 20.0. The molecule has 1 N–H and O–H groups in total. The van der Waals surface area contributed by atoms with Crippen LogP contribution in [0.15, 0.2) is 72.9 Å². The van der Waals surface area contributed by atoms with Crippen molar-refractivity contribution in [2.24, 2.45) is 0 Å². The number of aromatic nitrogens is 3. The number of pyridine rings is 1. The number of rotatable bonds is 5. The lowest BCUT2D eigenvalue weighted by Gasteiger charge is -2.15. The van der Waals surface area contributed by atoms with Gasteiger partial charge >= 0.3 is 0 Å². The number of carbonyl (C=O) groups is 1. The molecule has 0 aliphatic carbocycles. The second-order valence-corrected chi connectivity index (χ2v) is 7.84. The van der Waals surface area contributed by atoms with Crippen LogP contribution in [-0.4, -0.2) is 38.5 Å². The SMILES string of the molecule is O=C(Nc1ccccc1F)c1ccc2nnc([C@H]3CCN(Cc4ccccc4)C3)n2c1. The zero-order valence-electron chi connectivity index (χ0n) is 16.9. The summed E-state index contributed by atoms with van der Waals surface area (Å²) in [5.41, 5.74) is 2.57. The molecule has 0 spiro atoms. The Morgan fingerprint density at radius 3 is 2.68 bits per heavy atom. The van der Waals surface area contributed by atoms with Gasteiger partial charge in [0, 0.05) is 25.2 Å². The lowest BCUT2D eigenvalue weighted by atomic mass is 10.1. The second kappa shape index (κ2) is 8.28. The van der Waals surface area contributed by atoms with Crippen molar-refractivity contribution >= 4 is 17.2 Å². The van der Waals surface area contributed by atoms with Crippen LogP contribution < -0.4 is 5.32 Å². The van der Waals surface area contributed by atoms with Crippen LogP contribution in [0, 0.1) is 5.82 Å². The van der Waals surface area contributed by atoms with E-state index in [1.165, 1.54) is 17.7 Å². The molecule has 156 valence electrons. The summed E-state index contributed by atoms with van der Waals surface area (Å²) in [5.74, 6) is 0.254. The minimum atomic E-state index is -0.466. The van der Waals surface area contributed by atoms with Gasteiger partial charge < -0.3 is 5.32 Å². The summed E-state index contributed by atoms with van der Waals surface area (Å²) in [6.07, 6.45) is 2.72. The number of anilines is 1. The molecule has 2 aromatic carbocycles. The third-order valence-electron chi connectivity index (χ3n) is 5.70. The molecule has 7 heteroatoms. The number of carbonyl (C=O) groups excluding carboxylic acids is 1. The highest BCUT2D eigenvalue weighted by Crippen LogP contribution is 2.27. The average molecular weight is 415 g/mol. The Bertz CT molecular complexity index is 1220. The third-order valence-corrected chi connectivity index (χ3v) is 5.70. The molecule has 2 aromatic heterocycles. The molecule has 5 rings (SSSR count). The fraction of sp³-hybridized carbons (Fsp3) is 0.208. The predicted octanol–water partition coefficient (Wildman–Crippen LogP) is 4.11. The molecule has 1 aliphatic heterocycles. The smallest absolute Gasteiger partial charge is 0.257 e. The van der Waals surface area contributed by atoms with Crippen LogP contribution in [0.5, 0.6) is 0 Å². The van der Waals surface area contributed by atoms with Crippen molar-refractivity contribution in [2.45, 2.75) is 18.9 Å². The van der Waals surface area contributed by atoms with E-state index in [-0.39, 0.29) is 17.5 Å². The van der Waals surface area contributed by atoms with Gasteiger partial charge in [-0.3, -0.25) is 14.1 Å². The highest BCUT2D eigenvalue weighted by atomic mass is 19.1. The van der Waals surface area contributed by atoms with Crippen LogP contribution in [0.2, 0.25) is 0 Å². The van der Waals surface area contributed by atoms with Crippen LogP contribution in [-0.2, 0) is 6.54 Å². The van der Waals surface area contributed by atoms with E-state index < -0.39 is 5.82 Å². The maximum atomic E-state index is 13.9. The number of amides is 1. The maximum absolute atomic E-state index is 13.9. The molecule has 1 saturated heterocycles. The molecule has 4 aromatic rings. The number of para-hydroxylation sites is 1. The van der Waals surface area contributed by atoms with Gasteiger partial charge in [0.1, 0.15) is 11.6 Å². The molecule has 1 aliphatic rings. The van der Waals surface area contributed by atoms with Gasteiger partial charge in [-0.05, 0) is 42.8 Å². The van der Waals surface area contributed by atoms with Gasteiger partial charge in [-0.1, -0.05) is 42.5 Å². The second-order valence-electron chi connectivity index (χ2n) is 7.84. The van der Waals surface area contributed by atoms with Gasteiger partial charge in [0.25, 0.3) is 5.91 Å². The van der Waals surface area contributed by atoms with E-state index in [1.54, 1.807) is 30.5 Å². The number of nitrogens with zero attached hydrogens (tertiary/aromatic N) is 4. The van der Waals surface area contributed by atoms with Gasteiger partial charge in [0.15, 0.2) is 5.65 Å². The number of halogens is 1. The van der Waals surface area contributed by atoms with E-state index in [4.69, 9.17) is 0 Å². The molecule has 1 amide bonds. The first kappa shape index (κ1) is 19.4. The Morgan fingerprint density at radius 2 is 1.84 bits per heavy atom. The van der Waals surface area contributed by atoms with Gasteiger partial charge in [-0.2, -0.15) is 0 Å². The largest absolute Gasteiger partial charge is 0.319 e. The highest BCUT2D eigenvalue weighted by Gasteiger charge is 2.28. The van der Waals surface area contributed by atoms with Crippen molar-refractivity contribution < 1.29 is 9.18 Å². The highest BCUT2D eigenvalue weighted by molar-refractivity contribution is 6.04. The zero-order chi connectivity index (χ0) is 21.2. The monoisotopic (exact) mass is 415 g/mol. The van der Waals surface area contributed by atoms with Crippen LogP contribution in [0.1, 0.15) is 34.1 Å². The number of hydrogen-bond donors (Lipinski definition) is 1. The van der Waals surface area contributed by atoms with Crippen LogP contribution in [0.4, 0.5) is 10.1 Å². The number of likely N-dealkylation sites (tertiary alicyclic amines) is 1. The molecule has 1 atom stereocenters. The first-order chi connectivity index (χ1) is 15.2. The number of fused-ring (bicyclic) bond motifs is 1. The van der Waals surface area contributed by atoms with Crippen molar-refractivity contribution in [2.75, 3.05) is 18.4 Å². The van der Waals surface area contributed by atoms with E-state index in [0.29, 0.717) is 11.2 Å². The first-order valence-corrected chi connectivity index (χ1v) is 10.3. The quantitative estimate of drug-likeness (QED) is 0.533. The van der Waals surface area contributed by atoms with Crippen LogP contribution in [0.3, 0.4) is 0 Å². The first-order valence-electron chi connectivity index (χ1n) is 10.3. The normalized spacial score (nSPS) is 16.6. The Kier molecular flexibility index (Phi) is 5.18. The molecule has 0 saturated carbocycles. The van der Waals surface area contributed by atoms with E-state index in [1.807, 2.05) is 10.5 Å². The lowest BCUT2D eigenvalue weighted by Crippen LogP contribution is -2.20. The molecule has 0 unspecified atom stereocenters. The molecule has 31 heavy (non-hydrogen) atoms. The third kappa shape index (κ3) is 4.04. The maximum Gasteiger partial charge on any atom is 0.257 e. The molecule has 1 fully saturated rings. The molecule has 6 nitrogen and oxygen atoms in total. The number of benzene rings is 2. The zero-order valence-corrected chi connectivity index (χ0v) is 16.9. The molecular weight excluding hydrogens is 393 g/mol. The summed E-state index contributed by atoms with van der Waals surface area (Å²) in [5, 5.41) is 11.3. The summed E-state index contributed by atoms with van der Waals surface area (Å²) in [7, 11) is 0. The summed E-state index contributed by atoms with van der Waals surface area (Å²) < 4.78 is 15.8. The summed E-state index contributed by atoms with van der Waals surface area (Å²) >= 11 is 0. The Morgan fingerprint density at radius 1 is 1.03 bits per heavy atom. The van der Waals surface area contributed by atoms with Gasteiger partial charge in [0.05, 0.1) is 11.3 Å². The van der Waals surface area contributed by atoms with Gasteiger partial charge in [-0.25, -0.2) is 4.39 Å². The fourth-order valence-corrected chi connectivity index (χ4v) is 4.11. The molecular formula is C24H22FN5O. The van der Waals surface area contributed by atoms with E-state index in [0.717, 1.165) is 31.9 Å². The van der Waals surface area contributed by atoms with E-state index >= 15 is 0 Å². The van der Waals surface area contributed by atoms with Crippen molar-refractivity contribution in [1.82, 2.24) is 19.5 Å². The molecule has 3 heterocycles. The summed E-state index contributed by atoms with van der Waals surface area (Å²) in [6.45, 7) is 2.79. The van der Waals surface area contributed by atoms with Crippen molar-refractivity contribution in [3.63, 3.8) is 0 Å². The van der Waals surface area contributed by atoms with Crippen molar-refractivity contribution in [3.05, 3.63) is 95.7 Å². The predicted molar refractivity (Wildman–Crippen MR) is 116 cm³/mol. The molecule has 0 bridgehead atoms. The lowest BCUT2D eigenvalue weighted by molar-refractivity contribution is 0.102. The Labute approximate surface area is 179 Å². The van der Waals surface area contributed by atoms with Gasteiger partial charge in [0.2, 0.25) is 0 Å².